The van der Waals surface area contributed by atoms with Crippen molar-refractivity contribution in [2.24, 2.45) is 0 Å². The highest BCUT2D eigenvalue weighted by Gasteiger charge is 2.07. The second kappa shape index (κ2) is 5.88. The maximum Gasteiger partial charge on any atom is 0.407 e. The van der Waals surface area contributed by atoms with E-state index >= 15 is 0 Å². The summed E-state index contributed by atoms with van der Waals surface area (Å²) in [5, 5.41) is 11.2. The van der Waals surface area contributed by atoms with Crippen LogP contribution in [0, 0.1) is 0 Å². The van der Waals surface area contributed by atoms with E-state index in [0.29, 0.717) is 13.1 Å². The highest BCUT2D eigenvalue weighted by atomic mass is 16.6. The van der Waals surface area contributed by atoms with Gasteiger partial charge in [0.15, 0.2) is 5.69 Å². The van der Waals surface area contributed by atoms with Gasteiger partial charge in [-0.3, -0.25) is 0 Å². The Morgan fingerprint density at radius 1 is 1.59 bits per heavy atom. The highest BCUT2D eigenvalue weighted by molar-refractivity contribution is 5.84. The van der Waals surface area contributed by atoms with Crippen LogP contribution in [0.4, 0.5) is 4.79 Å². The molecule has 1 aromatic heterocycles. The quantitative estimate of drug-likeness (QED) is 0.792. The van der Waals surface area contributed by atoms with Crippen molar-refractivity contribution in [2.45, 2.75) is 26.5 Å². The number of aromatic carboxylic acids is 1. The number of carbonyl (C=O) groups excluding carboxylic acids is 1. The van der Waals surface area contributed by atoms with Crippen molar-refractivity contribution in [1.82, 2.24) is 14.9 Å². The molecule has 1 aromatic rings. The van der Waals surface area contributed by atoms with Gasteiger partial charge in [-0.2, -0.15) is 0 Å². The van der Waals surface area contributed by atoms with Gasteiger partial charge in [0.2, 0.25) is 0 Å². The summed E-state index contributed by atoms with van der Waals surface area (Å²) >= 11 is 0. The highest BCUT2D eigenvalue weighted by Crippen LogP contribution is 1.95. The van der Waals surface area contributed by atoms with Crippen LogP contribution in [0.1, 0.15) is 24.3 Å². The first kappa shape index (κ1) is 13.0. The largest absolute Gasteiger partial charge is 0.476 e. The molecule has 0 atom stereocenters. The molecule has 0 aromatic carbocycles. The molecule has 0 fully saturated rings. The number of carboxylic acid groups (broad SMARTS) is 1. The average molecular weight is 241 g/mol. The Morgan fingerprint density at radius 3 is 2.82 bits per heavy atom. The summed E-state index contributed by atoms with van der Waals surface area (Å²) in [5.41, 5.74) is -0.0187. The zero-order valence-electron chi connectivity index (χ0n) is 9.71. The zero-order valence-corrected chi connectivity index (χ0v) is 9.71. The molecule has 0 saturated heterocycles. The van der Waals surface area contributed by atoms with Crippen molar-refractivity contribution in [3.63, 3.8) is 0 Å². The van der Waals surface area contributed by atoms with E-state index in [0.717, 1.165) is 0 Å². The Hall–Kier alpha value is -2.05. The number of carbonyl (C=O) groups is 2. The van der Waals surface area contributed by atoms with Crippen molar-refractivity contribution < 1.29 is 19.4 Å². The second-order valence-electron chi connectivity index (χ2n) is 3.68. The minimum atomic E-state index is -1.07. The normalized spacial score (nSPS) is 10.3. The van der Waals surface area contributed by atoms with Gasteiger partial charge < -0.3 is 19.7 Å². The molecule has 0 spiro atoms. The number of imidazole rings is 1. The van der Waals surface area contributed by atoms with E-state index in [2.05, 4.69) is 10.3 Å². The lowest BCUT2D eigenvalue weighted by molar-refractivity contribution is 0.0690. The number of amides is 1. The van der Waals surface area contributed by atoms with Gasteiger partial charge in [-0.25, -0.2) is 14.6 Å². The van der Waals surface area contributed by atoms with E-state index in [4.69, 9.17) is 9.84 Å². The molecule has 0 radical (unpaired) electrons. The van der Waals surface area contributed by atoms with Crippen molar-refractivity contribution in [3.8, 4) is 0 Å². The van der Waals surface area contributed by atoms with E-state index < -0.39 is 12.1 Å². The van der Waals surface area contributed by atoms with Gasteiger partial charge >= 0.3 is 12.1 Å². The molecular formula is C10H15N3O4. The molecule has 7 nitrogen and oxygen atoms in total. The number of alkyl carbamates (subject to hydrolysis) is 1. The Morgan fingerprint density at radius 2 is 2.29 bits per heavy atom. The average Bonchev–Trinajstić information content (AvgIpc) is 2.65. The van der Waals surface area contributed by atoms with E-state index in [1.54, 1.807) is 18.4 Å². The molecule has 2 N–H and O–H groups in total. The topological polar surface area (TPSA) is 93.5 Å². The lowest BCUT2D eigenvalue weighted by atomic mass is 10.5. The van der Waals surface area contributed by atoms with Gasteiger partial charge in [-0.1, -0.05) is 0 Å². The second-order valence-corrected chi connectivity index (χ2v) is 3.68. The van der Waals surface area contributed by atoms with Gasteiger partial charge in [0.1, 0.15) is 0 Å². The minimum Gasteiger partial charge on any atom is -0.476 e. The molecule has 1 rings (SSSR count). The summed E-state index contributed by atoms with van der Waals surface area (Å²) in [5.74, 6) is -1.07. The smallest absolute Gasteiger partial charge is 0.407 e. The van der Waals surface area contributed by atoms with Gasteiger partial charge in [0.05, 0.1) is 12.4 Å². The van der Waals surface area contributed by atoms with Crippen LogP contribution in [-0.2, 0) is 11.3 Å². The number of hydrogen-bond donors (Lipinski definition) is 2. The number of rotatable bonds is 5. The first-order chi connectivity index (χ1) is 7.99. The number of carboxylic acids is 1. The van der Waals surface area contributed by atoms with Crippen LogP contribution < -0.4 is 5.32 Å². The first-order valence-corrected chi connectivity index (χ1v) is 5.18. The van der Waals surface area contributed by atoms with Gasteiger partial charge in [0.25, 0.3) is 0 Å². The summed E-state index contributed by atoms with van der Waals surface area (Å²) in [4.78, 5) is 25.3. The molecule has 1 heterocycles. The first-order valence-electron chi connectivity index (χ1n) is 5.18. The van der Waals surface area contributed by atoms with Crippen LogP contribution in [0.2, 0.25) is 0 Å². The Kier molecular flexibility index (Phi) is 4.50. The standard InChI is InChI=1S/C10H15N3O4/c1-7(2)17-10(16)11-3-4-13-5-8(9(14)15)12-6-13/h5-7H,3-4H2,1-2H3,(H,11,16)(H,14,15). The fourth-order valence-electron chi connectivity index (χ4n) is 1.14. The molecule has 0 bridgehead atoms. The van der Waals surface area contributed by atoms with Crippen LogP contribution in [0.15, 0.2) is 12.5 Å². The molecule has 17 heavy (non-hydrogen) atoms. The third-order valence-corrected chi connectivity index (χ3v) is 1.83. The fraction of sp³-hybridized carbons (Fsp3) is 0.500. The molecule has 0 saturated carbocycles. The van der Waals surface area contributed by atoms with Crippen LogP contribution in [0.5, 0.6) is 0 Å². The molecule has 94 valence electrons. The van der Waals surface area contributed by atoms with Crippen molar-refractivity contribution in [2.75, 3.05) is 6.54 Å². The molecule has 0 aliphatic carbocycles. The molecule has 0 aliphatic rings. The summed E-state index contributed by atoms with van der Waals surface area (Å²) in [6.45, 7) is 4.30. The number of nitrogens with one attached hydrogen (secondary N) is 1. The Bertz CT molecular complexity index is 400. The summed E-state index contributed by atoms with van der Waals surface area (Å²) in [6, 6.07) is 0. The molecule has 0 unspecified atom stereocenters. The maximum absolute atomic E-state index is 11.1. The predicted molar refractivity (Wildman–Crippen MR) is 58.8 cm³/mol. The van der Waals surface area contributed by atoms with Crippen LogP contribution in [0.25, 0.3) is 0 Å². The molecule has 1 amide bonds. The molecular weight excluding hydrogens is 226 g/mol. The third-order valence-electron chi connectivity index (χ3n) is 1.83. The molecule has 7 heteroatoms. The SMILES string of the molecule is CC(C)OC(=O)NCCn1cnc(C(=O)O)c1. The number of ether oxygens (including phenoxy) is 1. The van der Waals surface area contributed by atoms with E-state index in [1.165, 1.54) is 12.5 Å². The summed E-state index contributed by atoms with van der Waals surface area (Å²) in [7, 11) is 0. The van der Waals surface area contributed by atoms with Crippen LogP contribution in [-0.4, -0.2) is 39.4 Å². The lowest BCUT2D eigenvalue weighted by Crippen LogP contribution is -2.29. The van der Waals surface area contributed by atoms with Gasteiger partial charge in [-0.15, -0.1) is 0 Å². The van der Waals surface area contributed by atoms with Crippen molar-refractivity contribution in [3.05, 3.63) is 18.2 Å². The maximum atomic E-state index is 11.1. The van der Waals surface area contributed by atoms with E-state index in [9.17, 15) is 9.59 Å². The van der Waals surface area contributed by atoms with Crippen LogP contribution >= 0.6 is 0 Å². The number of aromatic nitrogens is 2. The minimum absolute atomic E-state index is 0.0187. The summed E-state index contributed by atoms with van der Waals surface area (Å²) in [6.07, 6.45) is 2.15. The third kappa shape index (κ3) is 4.54. The predicted octanol–water partition coefficient (Wildman–Crippen LogP) is 0.716. The number of hydrogen-bond acceptors (Lipinski definition) is 4. The molecule has 0 aliphatic heterocycles. The number of nitrogens with zero attached hydrogens (tertiary/aromatic N) is 2. The summed E-state index contributed by atoms with van der Waals surface area (Å²) < 4.78 is 6.44. The van der Waals surface area contributed by atoms with Gasteiger partial charge in [-0.05, 0) is 13.8 Å². The Labute approximate surface area is 98.4 Å². The fourth-order valence-corrected chi connectivity index (χ4v) is 1.14. The van der Waals surface area contributed by atoms with Crippen molar-refractivity contribution in [1.29, 1.82) is 0 Å². The van der Waals surface area contributed by atoms with E-state index in [-0.39, 0.29) is 11.8 Å². The van der Waals surface area contributed by atoms with Crippen LogP contribution in [0.3, 0.4) is 0 Å². The van der Waals surface area contributed by atoms with E-state index in [1.807, 2.05) is 0 Å². The zero-order chi connectivity index (χ0) is 12.8. The van der Waals surface area contributed by atoms with Crippen molar-refractivity contribution >= 4 is 12.1 Å². The Balaban J connectivity index is 2.31. The van der Waals surface area contributed by atoms with Gasteiger partial charge in [0, 0.05) is 19.3 Å². The lowest BCUT2D eigenvalue weighted by Gasteiger charge is -2.09. The monoisotopic (exact) mass is 241 g/mol.